The summed E-state index contributed by atoms with van der Waals surface area (Å²) in [7, 11) is 1.33. The lowest BCUT2D eigenvalue weighted by Gasteiger charge is -2.43. The summed E-state index contributed by atoms with van der Waals surface area (Å²) in [5.74, 6) is -5.96. The second kappa shape index (κ2) is 23.4. The molecule has 0 fully saturated rings. The lowest BCUT2D eigenvalue weighted by Crippen LogP contribution is -2.58. The SMILES string of the molecule is CNC(=O)[C@H](CCN(C(O)CO)[C@@H](c1cc(-c2cc(F)ccc2F)cn1Cc1ccccc1)C(C)(C)C)NC(=O)[C@H](CC(N)=O)NC(=O)[C@H](C)NC(=O)[C@H](C)NC(=O)Cc1ccncc1. The number of halogens is 2. The van der Waals surface area contributed by atoms with Crippen LogP contribution in [0.5, 0.6) is 0 Å². The Kier molecular flexibility index (Phi) is 18.4. The van der Waals surface area contributed by atoms with Crippen LogP contribution in [0.2, 0.25) is 0 Å². The lowest BCUT2D eigenvalue weighted by molar-refractivity contribution is -0.135. The number of aromatic nitrogens is 2. The molecule has 0 saturated heterocycles. The van der Waals surface area contributed by atoms with E-state index < -0.39 is 102 Å². The van der Waals surface area contributed by atoms with Crippen molar-refractivity contribution in [2.24, 2.45) is 11.1 Å². The summed E-state index contributed by atoms with van der Waals surface area (Å²) < 4.78 is 31.5. The zero-order chi connectivity index (χ0) is 48.0. The molecule has 17 nitrogen and oxygen atoms in total. The molecule has 0 spiro atoms. The van der Waals surface area contributed by atoms with Gasteiger partial charge in [-0.15, -0.1) is 0 Å². The van der Waals surface area contributed by atoms with Crippen molar-refractivity contribution in [2.75, 3.05) is 20.2 Å². The van der Waals surface area contributed by atoms with E-state index in [9.17, 15) is 43.4 Å². The van der Waals surface area contributed by atoms with Crippen LogP contribution < -0.4 is 32.3 Å². The van der Waals surface area contributed by atoms with Crippen LogP contribution in [-0.2, 0) is 41.7 Å². The Bertz CT molecular complexity index is 2270. The molecule has 0 saturated carbocycles. The minimum atomic E-state index is -1.60. The zero-order valence-electron chi connectivity index (χ0n) is 37.3. The topological polar surface area (TPSA) is 250 Å². The molecule has 0 aliphatic rings. The Morgan fingerprint density at radius 2 is 1.45 bits per heavy atom. The van der Waals surface area contributed by atoms with Gasteiger partial charge in [0.25, 0.3) is 0 Å². The standard InChI is InChI=1S/C46H59F2N9O8/c1-27(52-39(60)20-29-14-17-51-18-15-29)42(62)53-28(2)43(63)55-36(23-38(49)59)45(65)54-35(44(64)50-6)16-19-57(40(61)26-58)41(46(3,4)5)37-21-31(33-22-32(47)12-13-34(33)48)25-56(37)24-30-10-8-7-9-11-30/h7-15,17-18,21-22,25,27-28,35-36,40-41,58,61H,16,19-20,23-24,26H2,1-6H3,(H2,49,59)(H,50,64)(H,52,60)(H,53,62)(H,54,65)(H,55,63)/t27-,28-,35-,36-,40?,41-/m0/s1. The van der Waals surface area contributed by atoms with E-state index in [1.807, 2.05) is 55.7 Å². The van der Waals surface area contributed by atoms with Crippen LogP contribution in [0, 0.1) is 17.0 Å². The van der Waals surface area contributed by atoms with Crippen LogP contribution in [0.4, 0.5) is 8.78 Å². The Morgan fingerprint density at radius 3 is 2.06 bits per heavy atom. The molecule has 0 radical (unpaired) electrons. The monoisotopic (exact) mass is 903 g/mol. The number of nitrogens with two attached hydrogens (primary N) is 1. The molecule has 2 heterocycles. The van der Waals surface area contributed by atoms with Crippen molar-refractivity contribution in [3.05, 3.63) is 114 Å². The molecule has 4 aromatic rings. The third-order valence-electron chi connectivity index (χ3n) is 10.6. The highest BCUT2D eigenvalue weighted by atomic mass is 19.1. The van der Waals surface area contributed by atoms with Crippen LogP contribution >= 0.6 is 0 Å². The number of aliphatic hydroxyl groups is 2. The number of primary amides is 1. The van der Waals surface area contributed by atoms with E-state index in [0.717, 1.165) is 23.8 Å². The van der Waals surface area contributed by atoms with Crippen molar-refractivity contribution in [3.8, 4) is 11.1 Å². The van der Waals surface area contributed by atoms with Crippen LogP contribution in [0.1, 0.15) is 70.3 Å². The van der Waals surface area contributed by atoms with Crippen molar-refractivity contribution in [1.29, 1.82) is 0 Å². The van der Waals surface area contributed by atoms with E-state index in [2.05, 4.69) is 31.6 Å². The molecule has 65 heavy (non-hydrogen) atoms. The predicted molar refractivity (Wildman–Crippen MR) is 237 cm³/mol. The van der Waals surface area contributed by atoms with Gasteiger partial charge in [-0.3, -0.25) is 38.7 Å². The first-order valence-electron chi connectivity index (χ1n) is 21.1. The molecular formula is C46H59F2N9O8. The summed E-state index contributed by atoms with van der Waals surface area (Å²) in [6.07, 6.45) is 2.32. The molecule has 2 aromatic heterocycles. The van der Waals surface area contributed by atoms with Gasteiger partial charge in [-0.25, -0.2) is 8.78 Å². The van der Waals surface area contributed by atoms with E-state index in [1.165, 1.54) is 33.3 Å². The molecule has 0 aliphatic carbocycles. The predicted octanol–water partition coefficient (Wildman–Crippen LogP) is 1.81. The first-order valence-corrected chi connectivity index (χ1v) is 21.1. The fourth-order valence-corrected chi connectivity index (χ4v) is 7.36. The summed E-state index contributed by atoms with van der Waals surface area (Å²) in [4.78, 5) is 83.5. The maximum absolute atomic E-state index is 15.2. The van der Waals surface area contributed by atoms with E-state index >= 15 is 4.39 Å². The van der Waals surface area contributed by atoms with Gasteiger partial charge in [0.15, 0.2) is 0 Å². The second-order valence-corrected chi connectivity index (χ2v) is 16.8. The largest absolute Gasteiger partial charge is 0.392 e. The summed E-state index contributed by atoms with van der Waals surface area (Å²) in [6.45, 7) is 7.80. The quantitative estimate of drug-likeness (QED) is 0.0532. The molecule has 1 unspecified atom stereocenters. The van der Waals surface area contributed by atoms with Crippen molar-refractivity contribution >= 4 is 35.4 Å². The zero-order valence-corrected chi connectivity index (χ0v) is 37.3. The Hall–Kier alpha value is -6.57. The van der Waals surface area contributed by atoms with E-state index in [0.29, 0.717) is 16.8 Å². The highest BCUT2D eigenvalue weighted by molar-refractivity contribution is 5.97. The van der Waals surface area contributed by atoms with Crippen LogP contribution in [0.25, 0.3) is 11.1 Å². The van der Waals surface area contributed by atoms with E-state index in [4.69, 9.17) is 5.73 Å². The van der Waals surface area contributed by atoms with Gasteiger partial charge in [0.1, 0.15) is 42.0 Å². The normalized spacial score (nSPS) is 14.3. The van der Waals surface area contributed by atoms with Crippen LogP contribution in [0.3, 0.4) is 0 Å². The number of rotatable bonds is 22. The first kappa shape index (κ1) is 51.1. The molecule has 2 aromatic carbocycles. The van der Waals surface area contributed by atoms with Gasteiger partial charge in [0, 0.05) is 55.5 Å². The number of carbonyl (C=O) groups excluding carboxylic acids is 6. The number of benzene rings is 2. The highest BCUT2D eigenvalue weighted by Crippen LogP contribution is 2.42. The van der Waals surface area contributed by atoms with E-state index in [1.54, 1.807) is 29.3 Å². The average molecular weight is 904 g/mol. The molecule has 4 rings (SSSR count). The van der Waals surface area contributed by atoms with E-state index in [-0.39, 0.29) is 31.5 Å². The average Bonchev–Trinajstić information content (AvgIpc) is 3.66. The minimum absolute atomic E-state index is 0.00705. The van der Waals surface area contributed by atoms with Gasteiger partial charge >= 0.3 is 0 Å². The number of likely N-dealkylation sites (N-methyl/N-ethyl adjacent to an activating group) is 1. The first-order chi connectivity index (χ1) is 30.7. The van der Waals surface area contributed by atoms with Crippen molar-refractivity contribution in [3.63, 3.8) is 0 Å². The lowest BCUT2D eigenvalue weighted by atomic mass is 9.82. The Labute approximate surface area is 376 Å². The summed E-state index contributed by atoms with van der Waals surface area (Å²) in [5, 5.41) is 34.3. The van der Waals surface area contributed by atoms with Crippen LogP contribution in [-0.4, -0.2) is 111 Å². The van der Waals surface area contributed by atoms with Crippen molar-refractivity contribution in [2.45, 2.75) is 96.9 Å². The third kappa shape index (κ3) is 14.7. The molecule has 0 aliphatic heterocycles. The highest BCUT2D eigenvalue weighted by Gasteiger charge is 2.39. The number of hydrogen-bond donors (Lipinski definition) is 8. The number of nitrogens with zero attached hydrogens (tertiary/aromatic N) is 3. The number of amides is 6. The van der Waals surface area contributed by atoms with Gasteiger partial charge < -0.3 is 47.1 Å². The van der Waals surface area contributed by atoms with Gasteiger partial charge in [-0.1, -0.05) is 51.1 Å². The van der Waals surface area contributed by atoms with Gasteiger partial charge in [0.2, 0.25) is 35.4 Å². The number of carbonyl (C=O) groups is 6. The number of pyridine rings is 1. The maximum Gasteiger partial charge on any atom is 0.243 e. The number of aliphatic hydroxyl groups excluding tert-OH is 2. The molecule has 0 bridgehead atoms. The van der Waals surface area contributed by atoms with Crippen molar-refractivity contribution in [1.82, 2.24) is 41.0 Å². The summed E-state index contributed by atoms with van der Waals surface area (Å²) in [6, 6.07) is 11.5. The molecule has 350 valence electrons. The van der Waals surface area contributed by atoms with Gasteiger partial charge in [-0.05, 0) is 73.2 Å². The van der Waals surface area contributed by atoms with Crippen LogP contribution in [0.15, 0.2) is 85.3 Å². The smallest absolute Gasteiger partial charge is 0.243 e. The minimum Gasteiger partial charge on any atom is -0.392 e. The van der Waals surface area contributed by atoms with Gasteiger partial charge in [0.05, 0.1) is 25.5 Å². The molecular weight excluding hydrogens is 845 g/mol. The molecule has 19 heteroatoms. The molecule has 9 N–H and O–H groups in total. The Morgan fingerprint density at radius 1 is 0.815 bits per heavy atom. The fraction of sp³-hybridized carbons (Fsp3) is 0.413. The summed E-state index contributed by atoms with van der Waals surface area (Å²) in [5.41, 5.74) is 7.18. The number of nitrogens with one attached hydrogen (secondary N) is 5. The fourth-order valence-electron chi connectivity index (χ4n) is 7.36. The van der Waals surface area contributed by atoms with Crippen molar-refractivity contribution < 1.29 is 47.8 Å². The Balaban J connectivity index is 1.56. The summed E-state index contributed by atoms with van der Waals surface area (Å²) >= 11 is 0. The molecule has 6 amide bonds. The third-order valence-corrected chi connectivity index (χ3v) is 10.6. The second-order valence-electron chi connectivity index (χ2n) is 16.8. The molecule has 6 atom stereocenters. The van der Waals surface area contributed by atoms with Gasteiger partial charge in [-0.2, -0.15) is 0 Å². The number of hydrogen-bond acceptors (Lipinski definition) is 10. The maximum atomic E-state index is 15.2.